The van der Waals surface area contributed by atoms with Crippen LogP contribution in [-0.2, 0) is 14.8 Å². The highest BCUT2D eigenvalue weighted by Crippen LogP contribution is 2.38. The molecule has 2 N–H and O–H groups in total. The summed E-state index contributed by atoms with van der Waals surface area (Å²) in [5.41, 5.74) is 0.743. The molecule has 2 aromatic rings. The average Bonchev–Trinajstić information content (AvgIpc) is 2.72. The maximum absolute atomic E-state index is 12.5. The molecular formula is C19H22ClN3O6S. The number of sulfonamides is 1. The van der Waals surface area contributed by atoms with Crippen LogP contribution in [0.25, 0.3) is 0 Å². The first-order chi connectivity index (χ1) is 14.2. The highest BCUT2D eigenvalue weighted by atomic mass is 35.5. The largest absolute Gasteiger partial charge is 0.495 e. The minimum atomic E-state index is -3.66. The third kappa shape index (κ3) is 4.72. The van der Waals surface area contributed by atoms with E-state index < -0.39 is 15.9 Å². The Balaban J connectivity index is 1.73. The second-order valence-electron chi connectivity index (χ2n) is 6.53. The Bertz CT molecular complexity index is 1060. The van der Waals surface area contributed by atoms with Gasteiger partial charge < -0.3 is 24.8 Å². The number of nitrogens with zero attached hydrogens (tertiary/aromatic N) is 1. The number of methoxy groups -OCH3 is 1. The summed E-state index contributed by atoms with van der Waals surface area (Å²) in [6.45, 7) is 0.761. The zero-order chi connectivity index (χ0) is 21.9. The molecule has 0 saturated heterocycles. The van der Waals surface area contributed by atoms with Crippen molar-refractivity contribution in [2.75, 3.05) is 51.6 Å². The maximum Gasteiger partial charge on any atom is 0.243 e. The van der Waals surface area contributed by atoms with Crippen molar-refractivity contribution in [2.24, 2.45) is 0 Å². The summed E-state index contributed by atoms with van der Waals surface area (Å²) < 4.78 is 42.0. The number of hydrogen-bond donors (Lipinski definition) is 2. The van der Waals surface area contributed by atoms with Crippen LogP contribution in [0, 0.1) is 0 Å². The van der Waals surface area contributed by atoms with E-state index in [1.807, 2.05) is 0 Å². The number of nitrogens with one attached hydrogen (secondary N) is 2. The van der Waals surface area contributed by atoms with Gasteiger partial charge in [-0.25, -0.2) is 12.7 Å². The Hall–Kier alpha value is -2.69. The topological polar surface area (TPSA) is 106 Å². The van der Waals surface area contributed by atoms with Gasteiger partial charge in [-0.05, 0) is 18.2 Å². The Labute approximate surface area is 179 Å². The molecule has 3 rings (SSSR count). The minimum absolute atomic E-state index is 0.0337. The molecule has 162 valence electrons. The van der Waals surface area contributed by atoms with Crippen LogP contribution in [0.4, 0.5) is 11.4 Å². The molecule has 0 unspecified atom stereocenters. The molecule has 1 amide bonds. The first kappa shape index (κ1) is 22.0. The quantitative estimate of drug-likeness (QED) is 0.660. The number of hydrogen-bond acceptors (Lipinski definition) is 7. The van der Waals surface area contributed by atoms with Gasteiger partial charge in [0.2, 0.25) is 15.9 Å². The van der Waals surface area contributed by atoms with Gasteiger partial charge in [0.1, 0.15) is 19.0 Å². The van der Waals surface area contributed by atoms with Crippen molar-refractivity contribution in [1.82, 2.24) is 4.31 Å². The first-order valence-corrected chi connectivity index (χ1v) is 10.8. The van der Waals surface area contributed by atoms with E-state index in [1.165, 1.54) is 39.4 Å². The lowest BCUT2D eigenvalue weighted by Crippen LogP contribution is -2.24. The summed E-state index contributed by atoms with van der Waals surface area (Å²) in [5.74, 6) is 0.999. The lowest BCUT2D eigenvalue weighted by atomic mass is 10.2. The highest BCUT2D eigenvalue weighted by Gasteiger charge is 2.20. The van der Waals surface area contributed by atoms with Crippen LogP contribution in [0.2, 0.25) is 5.02 Å². The molecule has 0 atom stereocenters. The van der Waals surface area contributed by atoms with Crippen LogP contribution in [0.15, 0.2) is 35.2 Å². The van der Waals surface area contributed by atoms with E-state index in [2.05, 4.69) is 10.6 Å². The van der Waals surface area contributed by atoms with Gasteiger partial charge >= 0.3 is 0 Å². The summed E-state index contributed by atoms with van der Waals surface area (Å²) >= 11 is 6.23. The summed E-state index contributed by atoms with van der Waals surface area (Å²) in [7, 11) is 0.625. The monoisotopic (exact) mass is 455 g/mol. The van der Waals surface area contributed by atoms with E-state index in [0.29, 0.717) is 41.2 Å². The van der Waals surface area contributed by atoms with Crippen LogP contribution in [0.1, 0.15) is 0 Å². The molecule has 9 nitrogen and oxygen atoms in total. The summed E-state index contributed by atoms with van der Waals surface area (Å²) in [5, 5.41) is 5.97. The molecule has 0 fully saturated rings. The normalized spacial score (nSPS) is 13.1. The number of carbonyl (C=O) groups excluding carboxylic acids is 1. The van der Waals surface area contributed by atoms with Crippen molar-refractivity contribution in [2.45, 2.75) is 4.90 Å². The molecule has 11 heteroatoms. The van der Waals surface area contributed by atoms with Crippen LogP contribution >= 0.6 is 11.6 Å². The number of ether oxygens (including phenoxy) is 3. The van der Waals surface area contributed by atoms with Crippen LogP contribution in [0.3, 0.4) is 0 Å². The number of halogens is 1. The molecule has 0 saturated carbocycles. The second-order valence-corrected chi connectivity index (χ2v) is 9.09. The summed E-state index contributed by atoms with van der Waals surface area (Å²) in [6, 6.07) is 7.53. The van der Waals surface area contributed by atoms with E-state index in [4.69, 9.17) is 25.8 Å². The Kier molecular flexibility index (Phi) is 6.59. The molecule has 1 aliphatic rings. The van der Waals surface area contributed by atoms with E-state index in [9.17, 15) is 13.2 Å². The fourth-order valence-corrected chi connectivity index (χ4v) is 3.87. The molecule has 1 aliphatic heterocycles. The van der Waals surface area contributed by atoms with Crippen molar-refractivity contribution in [3.63, 3.8) is 0 Å². The molecule has 0 spiro atoms. The molecule has 1 heterocycles. The van der Waals surface area contributed by atoms with E-state index in [-0.39, 0.29) is 17.1 Å². The van der Waals surface area contributed by atoms with Gasteiger partial charge in [-0.3, -0.25) is 4.79 Å². The molecule has 0 bridgehead atoms. The molecule has 0 aromatic heterocycles. The maximum atomic E-state index is 12.5. The highest BCUT2D eigenvalue weighted by molar-refractivity contribution is 7.89. The molecule has 0 aliphatic carbocycles. The van der Waals surface area contributed by atoms with Gasteiger partial charge in [-0.1, -0.05) is 11.6 Å². The van der Waals surface area contributed by atoms with Crippen LogP contribution in [-0.4, -0.2) is 59.6 Å². The van der Waals surface area contributed by atoms with Crippen molar-refractivity contribution >= 4 is 38.9 Å². The Morgan fingerprint density at radius 2 is 1.80 bits per heavy atom. The lowest BCUT2D eigenvalue weighted by Gasteiger charge is -2.20. The number of carbonyl (C=O) groups is 1. The molecule has 30 heavy (non-hydrogen) atoms. The fourth-order valence-electron chi connectivity index (χ4n) is 2.73. The standard InChI is InChI=1S/C19H22ClN3O6S/c1-23(2)30(25,26)12-4-5-16(27-3)15(8-12)22-19(24)11-21-14-10-18-17(9-13(14)20)28-6-7-29-18/h4-5,8-10,21H,6-7,11H2,1-3H3,(H,22,24). The molecule has 2 aromatic carbocycles. The third-order valence-corrected chi connectivity index (χ3v) is 6.42. The second kappa shape index (κ2) is 8.99. The number of amides is 1. The molecular weight excluding hydrogens is 434 g/mol. The number of fused-ring (bicyclic) bond motifs is 1. The van der Waals surface area contributed by atoms with Crippen molar-refractivity contribution < 1.29 is 27.4 Å². The fraction of sp³-hybridized carbons (Fsp3) is 0.316. The van der Waals surface area contributed by atoms with Gasteiger partial charge in [0.25, 0.3) is 0 Å². The lowest BCUT2D eigenvalue weighted by molar-refractivity contribution is -0.114. The predicted octanol–water partition coefficient (Wildman–Crippen LogP) is 2.42. The number of anilines is 2. The van der Waals surface area contributed by atoms with Gasteiger partial charge in [-0.15, -0.1) is 0 Å². The van der Waals surface area contributed by atoms with E-state index in [1.54, 1.807) is 12.1 Å². The first-order valence-electron chi connectivity index (χ1n) is 8.96. The zero-order valence-electron chi connectivity index (χ0n) is 16.7. The van der Waals surface area contributed by atoms with Crippen LogP contribution in [0.5, 0.6) is 17.2 Å². The van der Waals surface area contributed by atoms with Crippen molar-refractivity contribution in [3.05, 3.63) is 35.4 Å². The third-order valence-electron chi connectivity index (χ3n) is 4.29. The predicted molar refractivity (Wildman–Crippen MR) is 113 cm³/mol. The SMILES string of the molecule is COc1ccc(S(=O)(=O)N(C)C)cc1NC(=O)CNc1cc2c(cc1Cl)OCCO2. The van der Waals surface area contributed by atoms with Gasteiger partial charge in [-0.2, -0.15) is 0 Å². The minimum Gasteiger partial charge on any atom is -0.495 e. The van der Waals surface area contributed by atoms with Gasteiger partial charge in [0.05, 0.1) is 34.9 Å². The van der Waals surface area contributed by atoms with Crippen molar-refractivity contribution in [1.29, 1.82) is 0 Å². The number of benzene rings is 2. The van der Waals surface area contributed by atoms with Crippen LogP contribution < -0.4 is 24.8 Å². The van der Waals surface area contributed by atoms with Gasteiger partial charge in [0.15, 0.2) is 11.5 Å². The molecule has 0 radical (unpaired) electrons. The average molecular weight is 456 g/mol. The van der Waals surface area contributed by atoms with Gasteiger partial charge in [0, 0.05) is 26.2 Å². The smallest absolute Gasteiger partial charge is 0.243 e. The Morgan fingerprint density at radius 3 is 2.43 bits per heavy atom. The number of rotatable bonds is 7. The van der Waals surface area contributed by atoms with Crippen molar-refractivity contribution in [3.8, 4) is 17.2 Å². The van der Waals surface area contributed by atoms with E-state index in [0.717, 1.165) is 4.31 Å². The summed E-state index contributed by atoms with van der Waals surface area (Å²) in [4.78, 5) is 12.5. The van der Waals surface area contributed by atoms with E-state index >= 15 is 0 Å². The Morgan fingerprint density at radius 1 is 1.13 bits per heavy atom. The zero-order valence-corrected chi connectivity index (χ0v) is 18.3. The summed E-state index contributed by atoms with van der Waals surface area (Å²) in [6.07, 6.45) is 0.